The first kappa shape index (κ1) is 28.6. The van der Waals surface area contributed by atoms with Crippen molar-refractivity contribution >= 4 is 58.0 Å². The molecule has 16 heteroatoms. The first-order valence-electron chi connectivity index (χ1n) is 9.89. The molecule has 4 amide bonds. The molecule has 2 aromatic rings. The van der Waals surface area contributed by atoms with Crippen LogP contribution in [0.4, 0.5) is 35.9 Å². The van der Waals surface area contributed by atoms with Crippen LogP contribution < -0.4 is 20.1 Å². The van der Waals surface area contributed by atoms with E-state index in [2.05, 4.69) is 14.8 Å². The largest absolute Gasteiger partial charge is 0.573 e. The van der Waals surface area contributed by atoms with Crippen LogP contribution in [0.5, 0.6) is 11.5 Å². The van der Waals surface area contributed by atoms with Gasteiger partial charge in [-0.15, -0.1) is 26.3 Å². The Hall–Kier alpha value is -3.92. The van der Waals surface area contributed by atoms with Gasteiger partial charge in [0.1, 0.15) is 11.5 Å². The molecule has 2 fully saturated rings. The summed E-state index contributed by atoms with van der Waals surface area (Å²) < 4.78 is 79.9. The fourth-order valence-corrected chi connectivity index (χ4v) is 4.07. The monoisotopic (exact) mass is 578 g/mol. The van der Waals surface area contributed by atoms with Crippen LogP contribution in [-0.4, -0.2) is 35.0 Å². The summed E-state index contributed by atoms with van der Waals surface area (Å²) in [5, 5.41) is 3.04. The number of hydrogen-bond donors (Lipinski definition) is 2. The van der Waals surface area contributed by atoms with Gasteiger partial charge in [0.15, 0.2) is 0 Å². The lowest BCUT2D eigenvalue weighted by atomic mass is 10.2. The second kappa shape index (κ2) is 11.6. The van der Waals surface area contributed by atoms with Crippen molar-refractivity contribution in [3.8, 4) is 11.5 Å². The molecule has 2 aromatic carbocycles. The van der Waals surface area contributed by atoms with Crippen molar-refractivity contribution in [2.24, 2.45) is 0 Å². The number of carbonyl (C=O) groups is 4. The molecular formula is C22H12F6N2O6S2. The zero-order valence-corrected chi connectivity index (χ0v) is 19.9. The minimum atomic E-state index is -4.82. The summed E-state index contributed by atoms with van der Waals surface area (Å²) in [7, 11) is 0. The maximum Gasteiger partial charge on any atom is 0.573 e. The van der Waals surface area contributed by atoms with Crippen LogP contribution in [0, 0.1) is 0 Å². The van der Waals surface area contributed by atoms with Crippen LogP contribution in [0.25, 0.3) is 12.2 Å². The molecule has 0 unspecified atom stereocenters. The number of para-hydroxylation sites is 1. The molecule has 2 aliphatic rings. The summed E-state index contributed by atoms with van der Waals surface area (Å²) in [5.41, 5.74) is 0.550. The van der Waals surface area contributed by atoms with Gasteiger partial charge in [0.05, 0.1) is 9.81 Å². The number of thioether (sulfide) groups is 2. The van der Waals surface area contributed by atoms with E-state index in [-0.39, 0.29) is 21.1 Å². The molecular weight excluding hydrogens is 566 g/mol. The number of rotatable bonds is 4. The molecule has 0 saturated carbocycles. The molecule has 8 nitrogen and oxygen atoms in total. The van der Waals surface area contributed by atoms with Crippen LogP contribution in [0.15, 0.2) is 58.3 Å². The lowest BCUT2D eigenvalue weighted by molar-refractivity contribution is -0.275. The lowest BCUT2D eigenvalue weighted by Gasteiger charge is -2.11. The molecule has 2 N–H and O–H groups in total. The maximum atomic E-state index is 12.2. The van der Waals surface area contributed by atoms with E-state index in [1.54, 1.807) is 0 Å². The molecule has 0 atom stereocenters. The summed E-state index contributed by atoms with van der Waals surface area (Å²) in [6, 6.07) is 10.3. The van der Waals surface area contributed by atoms with Crippen molar-refractivity contribution in [2.75, 3.05) is 0 Å². The summed E-state index contributed by atoms with van der Waals surface area (Å²) >= 11 is 1.35. The zero-order valence-electron chi connectivity index (χ0n) is 18.3. The molecule has 0 radical (unpaired) electrons. The van der Waals surface area contributed by atoms with Crippen LogP contribution in [0.3, 0.4) is 0 Å². The van der Waals surface area contributed by atoms with Gasteiger partial charge in [-0.25, -0.2) is 0 Å². The summed E-state index contributed by atoms with van der Waals surface area (Å²) in [4.78, 5) is 44.6. The standard InChI is InChI=1S/2C11H6F3NO3S/c12-11(13,14)18-7-3-1-6(2-4-7)5-8-9(16)15-10(17)19-8;12-11(13,14)18-7-4-2-1-3-6(7)5-8-9(16)15-10(17)19-8/h2*1-5H,(H,15,16,17). The van der Waals surface area contributed by atoms with Crippen molar-refractivity contribution in [2.45, 2.75) is 12.7 Å². The normalized spacial score (nSPS) is 17.7. The van der Waals surface area contributed by atoms with Gasteiger partial charge in [0.25, 0.3) is 22.3 Å². The Labute approximate surface area is 217 Å². The van der Waals surface area contributed by atoms with Crippen molar-refractivity contribution in [1.82, 2.24) is 10.6 Å². The Morgan fingerprint density at radius 1 is 0.658 bits per heavy atom. The van der Waals surface area contributed by atoms with Crippen molar-refractivity contribution < 1.29 is 55.0 Å². The van der Waals surface area contributed by atoms with Crippen LogP contribution in [0.1, 0.15) is 11.1 Å². The number of imide groups is 2. The summed E-state index contributed by atoms with van der Waals surface area (Å²) in [6.07, 6.45) is -6.99. The minimum Gasteiger partial charge on any atom is -0.406 e. The molecule has 0 aromatic heterocycles. The van der Waals surface area contributed by atoms with Gasteiger partial charge in [-0.3, -0.25) is 29.8 Å². The topological polar surface area (TPSA) is 111 Å². The second-order valence-electron chi connectivity index (χ2n) is 6.91. The molecule has 2 heterocycles. The average Bonchev–Trinajstić information content (AvgIpc) is 3.28. The molecule has 38 heavy (non-hydrogen) atoms. The highest BCUT2D eigenvalue weighted by Crippen LogP contribution is 2.32. The Kier molecular flexibility index (Phi) is 8.78. The SMILES string of the molecule is O=C1NC(=O)C(=Cc2ccc(OC(F)(F)F)cc2)S1.O=C1NC(=O)C(=Cc2ccccc2OC(F)(F)F)S1. The van der Waals surface area contributed by atoms with E-state index >= 15 is 0 Å². The van der Waals surface area contributed by atoms with Crippen LogP contribution >= 0.6 is 23.5 Å². The highest BCUT2D eigenvalue weighted by Gasteiger charge is 2.33. The summed E-state index contributed by atoms with van der Waals surface area (Å²) in [5.74, 6) is -1.95. The molecule has 0 bridgehead atoms. The number of amides is 4. The van der Waals surface area contributed by atoms with E-state index in [1.165, 1.54) is 42.5 Å². The van der Waals surface area contributed by atoms with Gasteiger partial charge in [0, 0.05) is 5.56 Å². The van der Waals surface area contributed by atoms with Crippen molar-refractivity contribution in [1.29, 1.82) is 0 Å². The molecule has 2 aliphatic heterocycles. The van der Waals surface area contributed by atoms with E-state index in [0.717, 1.165) is 30.0 Å². The van der Waals surface area contributed by atoms with Crippen molar-refractivity contribution in [3.05, 3.63) is 69.5 Å². The maximum absolute atomic E-state index is 12.2. The van der Waals surface area contributed by atoms with E-state index in [0.29, 0.717) is 17.3 Å². The Morgan fingerprint density at radius 2 is 1.16 bits per heavy atom. The third-order valence-electron chi connectivity index (χ3n) is 4.13. The third-order valence-corrected chi connectivity index (χ3v) is 5.75. The predicted molar refractivity (Wildman–Crippen MR) is 124 cm³/mol. The highest BCUT2D eigenvalue weighted by molar-refractivity contribution is 8.18. The number of ether oxygens (including phenoxy) is 2. The number of carbonyl (C=O) groups excluding carboxylic acids is 4. The van der Waals surface area contributed by atoms with Gasteiger partial charge in [-0.1, -0.05) is 30.3 Å². The molecule has 2 saturated heterocycles. The average molecular weight is 578 g/mol. The number of nitrogens with one attached hydrogen (secondary N) is 2. The van der Waals surface area contributed by atoms with Gasteiger partial charge in [0.2, 0.25) is 0 Å². The van der Waals surface area contributed by atoms with E-state index in [9.17, 15) is 45.5 Å². The zero-order chi connectivity index (χ0) is 28.1. The van der Waals surface area contributed by atoms with Gasteiger partial charge >= 0.3 is 12.7 Å². The Balaban J connectivity index is 0.000000211. The minimum absolute atomic E-state index is 0.0169. The molecule has 0 aliphatic carbocycles. The van der Waals surface area contributed by atoms with E-state index < -0.39 is 40.8 Å². The first-order valence-corrected chi connectivity index (χ1v) is 11.5. The van der Waals surface area contributed by atoms with Gasteiger partial charge in [-0.05, 0) is 59.4 Å². The first-order chi connectivity index (χ1) is 17.7. The van der Waals surface area contributed by atoms with Gasteiger partial charge < -0.3 is 9.47 Å². The fraction of sp³-hybridized carbons (Fsp3) is 0.0909. The highest BCUT2D eigenvalue weighted by atomic mass is 32.2. The van der Waals surface area contributed by atoms with Crippen molar-refractivity contribution in [3.63, 3.8) is 0 Å². The lowest BCUT2D eigenvalue weighted by Crippen LogP contribution is -2.18. The van der Waals surface area contributed by atoms with E-state index in [4.69, 9.17) is 0 Å². The Morgan fingerprint density at radius 3 is 1.63 bits per heavy atom. The van der Waals surface area contributed by atoms with E-state index in [1.807, 2.05) is 5.32 Å². The van der Waals surface area contributed by atoms with Crippen LogP contribution in [-0.2, 0) is 9.59 Å². The number of hydrogen-bond acceptors (Lipinski definition) is 8. The molecule has 0 spiro atoms. The number of alkyl halides is 6. The van der Waals surface area contributed by atoms with Crippen LogP contribution in [0.2, 0.25) is 0 Å². The Bertz CT molecular complexity index is 1320. The smallest absolute Gasteiger partial charge is 0.406 e. The third kappa shape index (κ3) is 8.88. The molecule has 200 valence electrons. The quantitative estimate of drug-likeness (QED) is 0.345. The number of halogens is 6. The second-order valence-corrected chi connectivity index (χ2v) is 8.94. The number of benzene rings is 2. The molecule has 4 rings (SSSR count). The predicted octanol–water partition coefficient (Wildman–Crippen LogP) is 5.82. The summed E-state index contributed by atoms with van der Waals surface area (Å²) in [6.45, 7) is 0. The van der Waals surface area contributed by atoms with Gasteiger partial charge in [-0.2, -0.15) is 0 Å². The fourth-order valence-electron chi connectivity index (χ4n) is 2.72.